The van der Waals surface area contributed by atoms with E-state index < -0.39 is 0 Å². The molecule has 1 aliphatic heterocycles. The number of carbonyl (C=O) groups excluding carboxylic acids is 1. The van der Waals surface area contributed by atoms with E-state index in [9.17, 15) is 4.79 Å². The molecule has 3 heterocycles. The SMILES string of the molecule is N#Cc1ccnc(OC2CCN(C(=O)Cc3ccsc3)C2)c1. The molecular weight excluding hydrogens is 298 g/mol. The van der Waals surface area contributed by atoms with E-state index in [1.54, 1.807) is 29.7 Å². The molecule has 0 spiro atoms. The van der Waals surface area contributed by atoms with Crippen LogP contribution in [0.2, 0.25) is 0 Å². The van der Waals surface area contributed by atoms with E-state index in [0.717, 1.165) is 12.0 Å². The fourth-order valence-corrected chi connectivity index (χ4v) is 3.11. The monoisotopic (exact) mass is 313 g/mol. The van der Waals surface area contributed by atoms with Crippen molar-refractivity contribution in [1.82, 2.24) is 9.88 Å². The van der Waals surface area contributed by atoms with Crippen LogP contribution in [0, 0.1) is 11.3 Å². The lowest BCUT2D eigenvalue weighted by Crippen LogP contribution is -2.32. The van der Waals surface area contributed by atoms with E-state index in [1.165, 1.54) is 0 Å². The largest absolute Gasteiger partial charge is 0.472 e. The van der Waals surface area contributed by atoms with Crippen LogP contribution in [0.3, 0.4) is 0 Å². The Hall–Kier alpha value is -2.39. The predicted octanol–water partition coefficient (Wildman–Crippen LogP) is 2.24. The van der Waals surface area contributed by atoms with Crippen molar-refractivity contribution in [2.45, 2.75) is 18.9 Å². The van der Waals surface area contributed by atoms with Crippen molar-refractivity contribution in [3.63, 3.8) is 0 Å². The smallest absolute Gasteiger partial charge is 0.227 e. The highest BCUT2D eigenvalue weighted by molar-refractivity contribution is 7.07. The van der Waals surface area contributed by atoms with E-state index in [2.05, 4.69) is 11.1 Å². The van der Waals surface area contributed by atoms with Gasteiger partial charge in [-0.1, -0.05) is 0 Å². The highest BCUT2D eigenvalue weighted by Crippen LogP contribution is 2.18. The van der Waals surface area contributed by atoms with Crippen LogP contribution in [0.5, 0.6) is 5.88 Å². The molecule has 112 valence electrons. The topological polar surface area (TPSA) is 66.2 Å². The summed E-state index contributed by atoms with van der Waals surface area (Å²) in [6.07, 6.45) is 2.72. The lowest BCUT2D eigenvalue weighted by molar-refractivity contribution is -0.129. The van der Waals surface area contributed by atoms with Gasteiger partial charge in [-0.15, -0.1) is 0 Å². The zero-order valence-corrected chi connectivity index (χ0v) is 12.8. The minimum absolute atomic E-state index is 0.0622. The second kappa shape index (κ2) is 6.58. The molecule has 1 saturated heterocycles. The number of aromatic nitrogens is 1. The number of nitriles is 1. The average Bonchev–Trinajstić information content (AvgIpc) is 3.19. The van der Waals surface area contributed by atoms with Crippen molar-refractivity contribution in [3.05, 3.63) is 46.3 Å². The summed E-state index contributed by atoms with van der Waals surface area (Å²) in [7, 11) is 0. The Balaban J connectivity index is 1.55. The normalized spacial score (nSPS) is 17.2. The molecule has 1 fully saturated rings. The maximum absolute atomic E-state index is 12.2. The molecule has 0 N–H and O–H groups in total. The van der Waals surface area contributed by atoms with Gasteiger partial charge in [0.05, 0.1) is 24.6 Å². The first-order valence-electron chi connectivity index (χ1n) is 7.06. The van der Waals surface area contributed by atoms with Gasteiger partial charge in [0.15, 0.2) is 0 Å². The van der Waals surface area contributed by atoms with E-state index in [4.69, 9.17) is 10.00 Å². The quantitative estimate of drug-likeness (QED) is 0.868. The van der Waals surface area contributed by atoms with Crippen LogP contribution < -0.4 is 4.74 Å². The van der Waals surface area contributed by atoms with Crippen LogP contribution in [0.4, 0.5) is 0 Å². The number of ether oxygens (including phenoxy) is 1. The Morgan fingerprint density at radius 1 is 1.55 bits per heavy atom. The summed E-state index contributed by atoms with van der Waals surface area (Å²) in [5.74, 6) is 0.569. The minimum atomic E-state index is -0.0622. The number of likely N-dealkylation sites (tertiary alicyclic amines) is 1. The van der Waals surface area contributed by atoms with Crippen LogP contribution >= 0.6 is 11.3 Å². The summed E-state index contributed by atoms with van der Waals surface area (Å²) in [6, 6.07) is 7.29. The number of carbonyl (C=O) groups is 1. The average molecular weight is 313 g/mol. The molecule has 1 aliphatic rings. The minimum Gasteiger partial charge on any atom is -0.472 e. The molecule has 1 amide bonds. The zero-order valence-electron chi connectivity index (χ0n) is 11.9. The molecule has 3 rings (SSSR count). The summed E-state index contributed by atoms with van der Waals surface area (Å²) in [5.41, 5.74) is 1.58. The van der Waals surface area contributed by atoms with Gasteiger partial charge in [0.25, 0.3) is 0 Å². The summed E-state index contributed by atoms with van der Waals surface area (Å²) >= 11 is 1.60. The van der Waals surface area contributed by atoms with Gasteiger partial charge in [-0.2, -0.15) is 16.6 Å². The third kappa shape index (κ3) is 3.43. The summed E-state index contributed by atoms with van der Waals surface area (Å²) < 4.78 is 5.78. The van der Waals surface area contributed by atoms with Gasteiger partial charge in [0.1, 0.15) is 6.10 Å². The van der Waals surface area contributed by atoms with Crippen LogP contribution in [0.15, 0.2) is 35.2 Å². The van der Waals surface area contributed by atoms with E-state index in [0.29, 0.717) is 31.0 Å². The van der Waals surface area contributed by atoms with Crippen molar-refractivity contribution in [2.24, 2.45) is 0 Å². The highest BCUT2D eigenvalue weighted by atomic mass is 32.1. The van der Waals surface area contributed by atoms with Crippen molar-refractivity contribution in [1.29, 1.82) is 5.26 Å². The second-order valence-corrected chi connectivity index (χ2v) is 5.95. The van der Waals surface area contributed by atoms with Crippen molar-refractivity contribution in [3.8, 4) is 11.9 Å². The van der Waals surface area contributed by atoms with Crippen molar-refractivity contribution in [2.75, 3.05) is 13.1 Å². The standard InChI is InChI=1S/C16H15N3O2S/c17-9-12-1-4-18-15(7-12)21-14-2-5-19(10-14)16(20)8-13-3-6-22-11-13/h1,3-4,6-7,11,14H,2,5,8,10H2. The molecule has 1 unspecified atom stereocenters. The summed E-state index contributed by atoms with van der Waals surface area (Å²) in [4.78, 5) is 18.2. The molecule has 6 heteroatoms. The Labute approximate surface area is 132 Å². The predicted molar refractivity (Wildman–Crippen MR) is 82.6 cm³/mol. The second-order valence-electron chi connectivity index (χ2n) is 5.17. The number of pyridine rings is 1. The number of thiophene rings is 1. The molecule has 0 radical (unpaired) electrons. The molecule has 22 heavy (non-hydrogen) atoms. The maximum atomic E-state index is 12.2. The molecule has 2 aromatic rings. The Bertz CT molecular complexity index is 694. The fourth-order valence-electron chi connectivity index (χ4n) is 2.44. The first-order valence-corrected chi connectivity index (χ1v) is 8.00. The van der Waals surface area contributed by atoms with Crippen molar-refractivity contribution >= 4 is 17.2 Å². The molecular formula is C16H15N3O2S. The highest BCUT2D eigenvalue weighted by Gasteiger charge is 2.27. The summed E-state index contributed by atoms with van der Waals surface area (Å²) in [6.45, 7) is 1.27. The van der Waals surface area contributed by atoms with Gasteiger partial charge in [-0.25, -0.2) is 4.98 Å². The maximum Gasteiger partial charge on any atom is 0.227 e. The van der Waals surface area contributed by atoms with Gasteiger partial charge in [-0.05, 0) is 28.5 Å². The Kier molecular flexibility index (Phi) is 4.35. The number of hydrogen-bond donors (Lipinski definition) is 0. The van der Waals surface area contributed by atoms with E-state index in [-0.39, 0.29) is 12.0 Å². The summed E-state index contributed by atoms with van der Waals surface area (Å²) in [5, 5.41) is 12.9. The van der Waals surface area contributed by atoms with Crippen molar-refractivity contribution < 1.29 is 9.53 Å². The molecule has 0 aliphatic carbocycles. The third-order valence-corrected chi connectivity index (χ3v) is 4.32. The van der Waals surface area contributed by atoms with Gasteiger partial charge < -0.3 is 9.64 Å². The number of rotatable bonds is 4. The van der Waals surface area contributed by atoms with Gasteiger partial charge in [0.2, 0.25) is 11.8 Å². The van der Waals surface area contributed by atoms with Gasteiger partial charge in [0, 0.05) is 25.2 Å². The molecule has 0 bridgehead atoms. The van der Waals surface area contributed by atoms with E-state index in [1.807, 2.05) is 21.7 Å². The zero-order chi connectivity index (χ0) is 15.4. The van der Waals surface area contributed by atoms with E-state index >= 15 is 0 Å². The first kappa shape index (κ1) is 14.5. The Morgan fingerprint density at radius 3 is 3.23 bits per heavy atom. The van der Waals surface area contributed by atoms with Crippen LogP contribution in [0.25, 0.3) is 0 Å². The lowest BCUT2D eigenvalue weighted by Gasteiger charge is -2.16. The van der Waals surface area contributed by atoms with Crippen LogP contribution in [-0.4, -0.2) is 35.0 Å². The molecule has 0 aromatic carbocycles. The first-order chi connectivity index (χ1) is 10.7. The van der Waals surface area contributed by atoms with Crippen LogP contribution in [0.1, 0.15) is 17.5 Å². The van der Waals surface area contributed by atoms with Gasteiger partial charge >= 0.3 is 0 Å². The number of nitrogens with zero attached hydrogens (tertiary/aromatic N) is 3. The number of hydrogen-bond acceptors (Lipinski definition) is 5. The van der Waals surface area contributed by atoms with Crippen LogP contribution in [-0.2, 0) is 11.2 Å². The lowest BCUT2D eigenvalue weighted by atomic mass is 10.2. The third-order valence-electron chi connectivity index (χ3n) is 3.58. The fraction of sp³-hybridized carbons (Fsp3) is 0.312. The van der Waals surface area contributed by atoms with Gasteiger partial charge in [-0.3, -0.25) is 4.79 Å². The molecule has 2 aromatic heterocycles. The molecule has 1 atom stereocenters. The molecule has 5 nitrogen and oxygen atoms in total. The number of amides is 1. The Morgan fingerprint density at radius 2 is 2.45 bits per heavy atom. The molecule has 0 saturated carbocycles.